The van der Waals surface area contributed by atoms with Gasteiger partial charge < -0.3 is 5.32 Å². The van der Waals surface area contributed by atoms with E-state index in [1.165, 1.54) is 30.6 Å². The SMILES string of the molecule is Clc1ccc(SCCNC2CCCC2)cc1. The number of hydrogen-bond donors (Lipinski definition) is 1. The lowest BCUT2D eigenvalue weighted by Crippen LogP contribution is -2.27. The van der Waals surface area contributed by atoms with E-state index in [1.54, 1.807) is 0 Å². The zero-order chi connectivity index (χ0) is 11.2. The molecule has 0 saturated heterocycles. The van der Waals surface area contributed by atoms with Crippen LogP contribution in [0.3, 0.4) is 0 Å². The van der Waals surface area contributed by atoms with E-state index in [-0.39, 0.29) is 0 Å². The predicted octanol–water partition coefficient (Wildman–Crippen LogP) is 3.96. The first-order chi connectivity index (χ1) is 7.84. The van der Waals surface area contributed by atoms with Crippen LogP contribution >= 0.6 is 23.4 Å². The second-order valence-corrected chi connectivity index (χ2v) is 5.84. The van der Waals surface area contributed by atoms with Gasteiger partial charge in [-0.2, -0.15) is 0 Å². The smallest absolute Gasteiger partial charge is 0.0406 e. The molecule has 0 atom stereocenters. The third-order valence-electron chi connectivity index (χ3n) is 2.97. The fourth-order valence-corrected chi connectivity index (χ4v) is 3.00. The summed E-state index contributed by atoms with van der Waals surface area (Å²) >= 11 is 7.73. The molecular formula is C13H18ClNS. The first kappa shape index (κ1) is 12.3. The molecule has 1 N–H and O–H groups in total. The van der Waals surface area contributed by atoms with E-state index in [0.717, 1.165) is 23.4 Å². The van der Waals surface area contributed by atoms with Gasteiger partial charge in [-0.05, 0) is 37.1 Å². The maximum Gasteiger partial charge on any atom is 0.0406 e. The average molecular weight is 256 g/mol. The lowest BCUT2D eigenvalue weighted by molar-refractivity contribution is 0.545. The van der Waals surface area contributed by atoms with Gasteiger partial charge in [0.1, 0.15) is 0 Å². The standard InChI is InChI=1S/C13H18ClNS/c14-11-5-7-13(8-6-11)16-10-9-15-12-3-1-2-4-12/h5-8,12,15H,1-4,9-10H2. The molecule has 1 saturated carbocycles. The fraction of sp³-hybridized carbons (Fsp3) is 0.538. The van der Waals surface area contributed by atoms with Crippen LogP contribution in [0, 0.1) is 0 Å². The van der Waals surface area contributed by atoms with Gasteiger partial charge in [-0.25, -0.2) is 0 Å². The third-order valence-corrected chi connectivity index (χ3v) is 4.24. The van der Waals surface area contributed by atoms with Crippen molar-refractivity contribution in [2.24, 2.45) is 0 Å². The Kier molecular flexibility index (Phi) is 5.01. The Morgan fingerprint density at radius 2 is 1.88 bits per heavy atom. The second kappa shape index (κ2) is 6.53. The van der Waals surface area contributed by atoms with E-state index in [2.05, 4.69) is 17.4 Å². The molecule has 1 aliphatic rings. The van der Waals surface area contributed by atoms with Gasteiger partial charge in [0, 0.05) is 28.3 Å². The molecule has 1 aromatic carbocycles. The van der Waals surface area contributed by atoms with E-state index in [4.69, 9.17) is 11.6 Å². The van der Waals surface area contributed by atoms with Crippen LogP contribution in [0.25, 0.3) is 0 Å². The topological polar surface area (TPSA) is 12.0 Å². The summed E-state index contributed by atoms with van der Waals surface area (Å²) in [5.41, 5.74) is 0. The van der Waals surface area contributed by atoms with Crippen molar-refractivity contribution in [2.75, 3.05) is 12.3 Å². The number of thioether (sulfide) groups is 1. The van der Waals surface area contributed by atoms with Crippen LogP contribution in [0.2, 0.25) is 5.02 Å². The molecule has 1 nitrogen and oxygen atoms in total. The van der Waals surface area contributed by atoms with Crippen LogP contribution in [-0.4, -0.2) is 18.3 Å². The Bertz CT molecular complexity index is 306. The van der Waals surface area contributed by atoms with Gasteiger partial charge in [-0.1, -0.05) is 24.4 Å². The van der Waals surface area contributed by atoms with Gasteiger partial charge >= 0.3 is 0 Å². The quantitative estimate of drug-likeness (QED) is 0.631. The summed E-state index contributed by atoms with van der Waals surface area (Å²) in [6.45, 7) is 1.11. The Morgan fingerprint density at radius 1 is 1.19 bits per heavy atom. The summed E-state index contributed by atoms with van der Waals surface area (Å²) in [4.78, 5) is 1.30. The first-order valence-corrected chi connectivity index (χ1v) is 7.33. The molecule has 1 fully saturated rings. The summed E-state index contributed by atoms with van der Waals surface area (Å²) < 4.78 is 0. The number of halogens is 1. The van der Waals surface area contributed by atoms with Crippen LogP contribution in [0.1, 0.15) is 25.7 Å². The molecule has 0 unspecified atom stereocenters. The number of rotatable bonds is 5. The lowest BCUT2D eigenvalue weighted by atomic mass is 10.2. The highest BCUT2D eigenvalue weighted by atomic mass is 35.5. The van der Waals surface area contributed by atoms with Crippen molar-refractivity contribution >= 4 is 23.4 Å². The second-order valence-electron chi connectivity index (χ2n) is 4.24. The summed E-state index contributed by atoms with van der Waals surface area (Å²) in [6.07, 6.45) is 5.54. The molecule has 0 spiro atoms. The van der Waals surface area contributed by atoms with E-state index < -0.39 is 0 Å². The van der Waals surface area contributed by atoms with Crippen molar-refractivity contribution in [2.45, 2.75) is 36.6 Å². The summed E-state index contributed by atoms with van der Waals surface area (Å²) in [7, 11) is 0. The number of benzene rings is 1. The third kappa shape index (κ3) is 4.00. The van der Waals surface area contributed by atoms with Crippen molar-refractivity contribution in [3.63, 3.8) is 0 Å². The predicted molar refractivity (Wildman–Crippen MR) is 72.4 cm³/mol. The molecule has 1 aromatic rings. The Balaban J connectivity index is 1.62. The van der Waals surface area contributed by atoms with Crippen LogP contribution in [0.4, 0.5) is 0 Å². The van der Waals surface area contributed by atoms with Crippen molar-refractivity contribution in [3.05, 3.63) is 29.3 Å². The van der Waals surface area contributed by atoms with Gasteiger partial charge in [0.2, 0.25) is 0 Å². The number of hydrogen-bond acceptors (Lipinski definition) is 2. The monoisotopic (exact) mass is 255 g/mol. The van der Waals surface area contributed by atoms with Gasteiger partial charge in [0.05, 0.1) is 0 Å². The largest absolute Gasteiger partial charge is 0.313 e. The Labute approximate surface area is 107 Å². The summed E-state index contributed by atoms with van der Waals surface area (Å²) in [5.74, 6) is 1.14. The molecule has 1 aliphatic carbocycles. The highest BCUT2D eigenvalue weighted by Gasteiger charge is 2.13. The van der Waals surface area contributed by atoms with Gasteiger partial charge in [-0.3, -0.25) is 0 Å². The molecule has 0 bridgehead atoms. The molecular weight excluding hydrogens is 238 g/mol. The molecule has 0 aromatic heterocycles. The molecule has 0 radical (unpaired) electrons. The number of nitrogens with one attached hydrogen (secondary N) is 1. The molecule has 16 heavy (non-hydrogen) atoms. The minimum Gasteiger partial charge on any atom is -0.313 e. The van der Waals surface area contributed by atoms with Crippen LogP contribution in [0.15, 0.2) is 29.2 Å². The average Bonchev–Trinajstić information content (AvgIpc) is 2.80. The first-order valence-electron chi connectivity index (χ1n) is 5.96. The van der Waals surface area contributed by atoms with Gasteiger partial charge in [0.25, 0.3) is 0 Å². The van der Waals surface area contributed by atoms with Crippen LogP contribution in [0.5, 0.6) is 0 Å². The van der Waals surface area contributed by atoms with Crippen molar-refractivity contribution in [1.82, 2.24) is 5.32 Å². The lowest BCUT2D eigenvalue weighted by Gasteiger charge is -2.11. The Morgan fingerprint density at radius 3 is 2.56 bits per heavy atom. The summed E-state index contributed by atoms with van der Waals surface area (Å²) in [6, 6.07) is 8.86. The maximum atomic E-state index is 5.84. The zero-order valence-corrected chi connectivity index (χ0v) is 11.0. The normalized spacial score (nSPS) is 16.8. The van der Waals surface area contributed by atoms with Crippen LogP contribution < -0.4 is 5.32 Å². The molecule has 88 valence electrons. The fourth-order valence-electron chi connectivity index (χ4n) is 2.09. The molecule has 0 aliphatic heterocycles. The molecule has 3 heteroatoms. The minimum atomic E-state index is 0.783. The van der Waals surface area contributed by atoms with E-state index in [0.29, 0.717) is 0 Å². The molecule has 0 heterocycles. The van der Waals surface area contributed by atoms with Gasteiger partial charge in [-0.15, -0.1) is 11.8 Å². The zero-order valence-electron chi connectivity index (χ0n) is 9.42. The molecule has 2 rings (SSSR count). The van der Waals surface area contributed by atoms with E-state index in [9.17, 15) is 0 Å². The van der Waals surface area contributed by atoms with Crippen molar-refractivity contribution < 1.29 is 0 Å². The van der Waals surface area contributed by atoms with E-state index in [1.807, 2.05) is 23.9 Å². The van der Waals surface area contributed by atoms with Crippen molar-refractivity contribution in [3.8, 4) is 0 Å². The van der Waals surface area contributed by atoms with Crippen molar-refractivity contribution in [1.29, 1.82) is 0 Å². The van der Waals surface area contributed by atoms with Gasteiger partial charge in [0.15, 0.2) is 0 Å². The maximum absolute atomic E-state index is 5.84. The Hall–Kier alpha value is -0.180. The highest BCUT2D eigenvalue weighted by Crippen LogP contribution is 2.20. The van der Waals surface area contributed by atoms with Crippen LogP contribution in [-0.2, 0) is 0 Å². The minimum absolute atomic E-state index is 0.783. The highest BCUT2D eigenvalue weighted by molar-refractivity contribution is 7.99. The molecule has 0 amide bonds. The van der Waals surface area contributed by atoms with E-state index >= 15 is 0 Å². The summed E-state index contributed by atoms with van der Waals surface area (Å²) in [5, 5.41) is 4.43.